The summed E-state index contributed by atoms with van der Waals surface area (Å²) in [5.74, 6) is -1.63. The number of hydrogen-bond acceptors (Lipinski definition) is 4. The van der Waals surface area contributed by atoms with Gasteiger partial charge in [-0.25, -0.2) is 12.8 Å². The van der Waals surface area contributed by atoms with Crippen LogP contribution in [0.4, 0.5) is 4.39 Å². The molecule has 1 aliphatic heterocycles. The molecule has 0 bridgehead atoms. The van der Waals surface area contributed by atoms with Gasteiger partial charge in [0.15, 0.2) is 0 Å². The minimum atomic E-state index is -3.92. The summed E-state index contributed by atoms with van der Waals surface area (Å²) in [5.41, 5.74) is 0.778. The third kappa shape index (κ3) is 4.75. The Balaban J connectivity index is 2.06. The number of carbonyl (C=O) groups excluding carboxylic acids is 1. The Morgan fingerprint density at radius 1 is 1.39 bits per heavy atom. The van der Waals surface area contributed by atoms with Crippen LogP contribution in [-0.2, 0) is 20.6 Å². The average Bonchev–Trinajstić information content (AvgIpc) is 2.49. The van der Waals surface area contributed by atoms with Gasteiger partial charge in [0, 0.05) is 5.56 Å². The lowest BCUT2D eigenvalue weighted by Gasteiger charge is -2.33. The summed E-state index contributed by atoms with van der Waals surface area (Å²) in [6.45, 7) is 5.17. The second kappa shape index (κ2) is 7.40. The van der Waals surface area contributed by atoms with E-state index in [9.17, 15) is 17.6 Å². The summed E-state index contributed by atoms with van der Waals surface area (Å²) in [5, 5.41) is 0. The van der Waals surface area contributed by atoms with Crippen molar-refractivity contribution in [3.05, 3.63) is 35.1 Å². The van der Waals surface area contributed by atoms with Crippen LogP contribution in [0.25, 0.3) is 0 Å². The standard InChI is InChI=1S/C16H23FN2O3S/c1-3-19-9-5-4-6-15(19)16(20)18-23(21,22)11-13-8-7-12(2)10-14(13)17/h7-8,10,15H,3-6,9,11H2,1-2H3,(H,18,20)/t15-/m1/s1. The Hall–Kier alpha value is -1.47. The molecular formula is C16H23FN2O3S. The van der Waals surface area contributed by atoms with Crippen molar-refractivity contribution in [3.63, 3.8) is 0 Å². The predicted molar refractivity (Wildman–Crippen MR) is 86.8 cm³/mol. The number of likely N-dealkylation sites (N-methyl/N-ethyl adjacent to an activating group) is 1. The molecule has 0 radical (unpaired) electrons. The number of hydrogen-bond donors (Lipinski definition) is 1. The maximum Gasteiger partial charge on any atom is 0.250 e. The Kier molecular flexibility index (Phi) is 5.75. The highest BCUT2D eigenvalue weighted by molar-refractivity contribution is 7.89. The van der Waals surface area contributed by atoms with Gasteiger partial charge in [0.05, 0.1) is 11.8 Å². The summed E-state index contributed by atoms with van der Waals surface area (Å²) in [7, 11) is -3.92. The molecule has 1 aromatic carbocycles. The fourth-order valence-corrected chi connectivity index (χ4v) is 4.06. The van der Waals surface area contributed by atoms with E-state index in [2.05, 4.69) is 4.72 Å². The van der Waals surface area contributed by atoms with Crippen molar-refractivity contribution in [1.29, 1.82) is 0 Å². The summed E-state index contributed by atoms with van der Waals surface area (Å²) in [6.07, 6.45) is 2.56. The molecule has 0 aromatic heterocycles. The first-order valence-corrected chi connectivity index (χ1v) is 9.51. The van der Waals surface area contributed by atoms with Crippen molar-refractivity contribution in [2.75, 3.05) is 13.1 Å². The molecule has 23 heavy (non-hydrogen) atoms. The molecule has 1 aromatic rings. The minimum absolute atomic E-state index is 0.0619. The molecule has 0 saturated carbocycles. The first-order valence-electron chi connectivity index (χ1n) is 7.86. The lowest BCUT2D eigenvalue weighted by atomic mass is 10.0. The number of amides is 1. The van der Waals surface area contributed by atoms with E-state index in [1.54, 1.807) is 13.0 Å². The van der Waals surface area contributed by atoms with E-state index in [1.807, 2.05) is 11.8 Å². The molecule has 1 heterocycles. The number of rotatable bonds is 5. The van der Waals surface area contributed by atoms with Gasteiger partial charge in [0.1, 0.15) is 5.82 Å². The van der Waals surface area contributed by atoms with Crippen LogP contribution in [0.15, 0.2) is 18.2 Å². The first-order chi connectivity index (χ1) is 10.8. The van der Waals surface area contributed by atoms with E-state index < -0.39 is 33.5 Å². The predicted octanol–water partition coefficient (Wildman–Crippen LogP) is 1.95. The maximum atomic E-state index is 13.8. The largest absolute Gasteiger partial charge is 0.292 e. The van der Waals surface area contributed by atoms with Crippen LogP contribution in [0, 0.1) is 12.7 Å². The molecule has 128 valence electrons. The summed E-state index contributed by atoms with van der Waals surface area (Å²) in [6, 6.07) is 3.95. The van der Waals surface area contributed by atoms with Crippen LogP contribution in [0.2, 0.25) is 0 Å². The SMILES string of the molecule is CCN1CCCC[C@@H]1C(=O)NS(=O)(=O)Cc1ccc(C)cc1F. The van der Waals surface area contributed by atoms with Gasteiger partial charge in [-0.15, -0.1) is 0 Å². The smallest absolute Gasteiger partial charge is 0.250 e. The number of nitrogens with one attached hydrogen (secondary N) is 1. The second-order valence-electron chi connectivity index (χ2n) is 5.96. The third-order valence-electron chi connectivity index (χ3n) is 4.13. The van der Waals surface area contributed by atoms with Crippen LogP contribution < -0.4 is 4.72 Å². The zero-order valence-electron chi connectivity index (χ0n) is 13.5. The van der Waals surface area contributed by atoms with Crippen LogP contribution in [0.5, 0.6) is 0 Å². The van der Waals surface area contributed by atoms with Gasteiger partial charge in [-0.2, -0.15) is 0 Å². The van der Waals surface area contributed by atoms with Gasteiger partial charge in [-0.3, -0.25) is 14.4 Å². The normalized spacial score (nSPS) is 19.5. The van der Waals surface area contributed by atoms with Crippen molar-refractivity contribution in [2.24, 2.45) is 0 Å². The summed E-state index contributed by atoms with van der Waals surface area (Å²) >= 11 is 0. The minimum Gasteiger partial charge on any atom is -0.292 e. The molecule has 5 nitrogen and oxygen atoms in total. The topological polar surface area (TPSA) is 66.5 Å². The molecule has 2 rings (SSSR count). The van der Waals surface area contributed by atoms with Crippen molar-refractivity contribution in [1.82, 2.24) is 9.62 Å². The fourth-order valence-electron chi connectivity index (χ4n) is 2.90. The average molecular weight is 342 g/mol. The number of piperidine rings is 1. The quantitative estimate of drug-likeness (QED) is 0.888. The van der Waals surface area contributed by atoms with Gasteiger partial charge < -0.3 is 0 Å². The van der Waals surface area contributed by atoms with Gasteiger partial charge in [-0.1, -0.05) is 25.5 Å². The monoisotopic (exact) mass is 342 g/mol. The van der Waals surface area contributed by atoms with Crippen LogP contribution >= 0.6 is 0 Å². The van der Waals surface area contributed by atoms with Gasteiger partial charge in [0.2, 0.25) is 10.0 Å². The Morgan fingerprint density at radius 3 is 2.78 bits per heavy atom. The Morgan fingerprint density at radius 2 is 2.13 bits per heavy atom. The van der Waals surface area contributed by atoms with Crippen molar-refractivity contribution in [2.45, 2.75) is 44.9 Å². The van der Waals surface area contributed by atoms with Crippen LogP contribution in [0.1, 0.15) is 37.3 Å². The van der Waals surface area contributed by atoms with E-state index in [0.717, 1.165) is 19.4 Å². The number of halogens is 1. The van der Waals surface area contributed by atoms with Crippen LogP contribution in [0.3, 0.4) is 0 Å². The van der Waals surface area contributed by atoms with E-state index in [1.165, 1.54) is 12.1 Å². The number of likely N-dealkylation sites (tertiary alicyclic amines) is 1. The molecule has 0 unspecified atom stereocenters. The number of benzene rings is 1. The Labute approximate surface area is 136 Å². The molecule has 0 spiro atoms. The number of nitrogens with zero attached hydrogens (tertiary/aromatic N) is 1. The lowest BCUT2D eigenvalue weighted by Crippen LogP contribution is -2.50. The van der Waals surface area contributed by atoms with E-state index >= 15 is 0 Å². The molecule has 1 fully saturated rings. The number of carbonyl (C=O) groups is 1. The molecule has 1 saturated heterocycles. The summed E-state index contributed by atoms with van der Waals surface area (Å²) in [4.78, 5) is 14.3. The van der Waals surface area contributed by atoms with Crippen molar-refractivity contribution >= 4 is 15.9 Å². The highest BCUT2D eigenvalue weighted by atomic mass is 32.2. The van der Waals surface area contributed by atoms with Crippen molar-refractivity contribution in [3.8, 4) is 0 Å². The lowest BCUT2D eigenvalue weighted by molar-refractivity contribution is -0.125. The highest BCUT2D eigenvalue weighted by Crippen LogP contribution is 2.18. The molecular weight excluding hydrogens is 319 g/mol. The molecule has 7 heteroatoms. The first kappa shape index (κ1) is 17.9. The zero-order valence-corrected chi connectivity index (χ0v) is 14.3. The number of aryl methyl sites for hydroxylation is 1. The summed E-state index contributed by atoms with van der Waals surface area (Å²) < 4.78 is 40.2. The van der Waals surface area contributed by atoms with Gasteiger partial charge >= 0.3 is 0 Å². The molecule has 1 atom stereocenters. The molecule has 1 N–H and O–H groups in total. The van der Waals surface area contributed by atoms with Gasteiger partial charge in [0.25, 0.3) is 5.91 Å². The van der Waals surface area contributed by atoms with E-state index in [0.29, 0.717) is 18.5 Å². The Bertz CT molecular complexity index is 676. The van der Waals surface area contributed by atoms with Gasteiger partial charge in [-0.05, 0) is 44.5 Å². The van der Waals surface area contributed by atoms with E-state index in [4.69, 9.17) is 0 Å². The molecule has 1 aliphatic rings. The second-order valence-corrected chi connectivity index (χ2v) is 7.68. The van der Waals surface area contributed by atoms with Crippen LogP contribution in [-0.4, -0.2) is 38.4 Å². The molecule has 1 amide bonds. The van der Waals surface area contributed by atoms with Crippen molar-refractivity contribution < 1.29 is 17.6 Å². The maximum absolute atomic E-state index is 13.8. The third-order valence-corrected chi connectivity index (χ3v) is 5.34. The van der Waals surface area contributed by atoms with E-state index in [-0.39, 0.29) is 5.56 Å². The fraction of sp³-hybridized carbons (Fsp3) is 0.562. The number of sulfonamides is 1. The zero-order chi connectivity index (χ0) is 17.0. The molecule has 0 aliphatic carbocycles. The highest BCUT2D eigenvalue weighted by Gasteiger charge is 2.30.